The minimum atomic E-state index is -0.190. The zero-order valence-corrected chi connectivity index (χ0v) is 12.8. The highest BCUT2D eigenvalue weighted by molar-refractivity contribution is 5.99. The minimum Gasteiger partial charge on any atom is -0.345 e. The van der Waals surface area contributed by atoms with Gasteiger partial charge in [-0.2, -0.15) is 10.2 Å². The van der Waals surface area contributed by atoms with E-state index in [4.69, 9.17) is 0 Å². The van der Waals surface area contributed by atoms with Crippen LogP contribution in [0.3, 0.4) is 0 Å². The molecule has 22 heavy (non-hydrogen) atoms. The molecule has 0 saturated heterocycles. The summed E-state index contributed by atoms with van der Waals surface area (Å²) in [6.45, 7) is 6.73. The van der Waals surface area contributed by atoms with Crippen molar-refractivity contribution in [2.24, 2.45) is 0 Å². The summed E-state index contributed by atoms with van der Waals surface area (Å²) < 4.78 is 3.45. The van der Waals surface area contributed by atoms with E-state index in [2.05, 4.69) is 20.5 Å². The molecule has 0 saturated carbocycles. The Morgan fingerprint density at radius 2 is 2.27 bits per heavy atom. The molecule has 3 rings (SSSR count). The van der Waals surface area contributed by atoms with E-state index in [-0.39, 0.29) is 11.9 Å². The SMILES string of the molecule is CCn1cc(C(C)NC(=O)c2cnn3cccnc23)c(C)n1. The number of carbonyl (C=O) groups excluding carboxylic acids is 1. The van der Waals surface area contributed by atoms with Crippen molar-refractivity contribution in [1.29, 1.82) is 0 Å². The highest BCUT2D eigenvalue weighted by Gasteiger charge is 2.18. The predicted octanol–water partition coefficient (Wildman–Crippen LogP) is 1.75. The molecule has 0 fully saturated rings. The van der Waals surface area contributed by atoms with Crippen molar-refractivity contribution in [3.63, 3.8) is 0 Å². The summed E-state index contributed by atoms with van der Waals surface area (Å²) in [7, 11) is 0. The van der Waals surface area contributed by atoms with Gasteiger partial charge in [-0.3, -0.25) is 9.48 Å². The van der Waals surface area contributed by atoms with Crippen LogP contribution in [0.25, 0.3) is 5.65 Å². The van der Waals surface area contributed by atoms with E-state index in [0.717, 1.165) is 17.8 Å². The van der Waals surface area contributed by atoms with Crippen LogP contribution in [0.4, 0.5) is 0 Å². The van der Waals surface area contributed by atoms with E-state index >= 15 is 0 Å². The lowest BCUT2D eigenvalue weighted by molar-refractivity contribution is 0.0941. The third kappa shape index (κ3) is 2.45. The van der Waals surface area contributed by atoms with Gasteiger partial charge in [0.05, 0.1) is 17.9 Å². The van der Waals surface area contributed by atoms with Gasteiger partial charge in [-0.05, 0) is 26.8 Å². The average molecular weight is 298 g/mol. The number of hydrogen-bond acceptors (Lipinski definition) is 4. The van der Waals surface area contributed by atoms with Crippen molar-refractivity contribution in [3.05, 3.63) is 47.7 Å². The van der Waals surface area contributed by atoms with E-state index in [1.54, 1.807) is 23.0 Å². The molecule has 3 heterocycles. The van der Waals surface area contributed by atoms with Crippen LogP contribution in [0.2, 0.25) is 0 Å². The molecule has 1 unspecified atom stereocenters. The second kappa shape index (κ2) is 5.59. The molecule has 0 aliphatic carbocycles. The molecule has 0 radical (unpaired) electrons. The van der Waals surface area contributed by atoms with Gasteiger partial charge in [0.15, 0.2) is 5.65 Å². The third-order valence-electron chi connectivity index (χ3n) is 3.65. The first-order valence-corrected chi connectivity index (χ1v) is 7.23. The monoisotopic (exact) mass is 298 g/mol. The van der Waals surface area contributed by atoms with Gasteiger partial charge in [0, 0.05) is 30.7 Å². The van der Waals surface area contributed by atoms with E-state index < -0.39 is 0 Å². The van der Waals surface area contributed by atoms with Crippen molar-refractivity contribution in [2.45, 2.75) is 33.4 Å². The van der Waals surface area contributed by atoms with Crippen LogP contribution in [0.15, 0.2) is 30.9 Å². The molecule has 0 aromatic carbocycles. The fourth-order valence-corrected chi connectivity index (χ4v) is 2.46. The Hall–Kier alpha value is -2.70. The van der Waals surface area contributed by atoms with Gasteiger partial charge in [0.1, 0.15) is 5.56 Å². The van der Waals surface area contributed by atoms with Gasteiger partial charge in [-0.15, -0.1) is 0 Å². The second-order valence-corrected chi connectivity index (χ2v) is 5.17. The number of carbonyl (C=O) groups is 1. The zero-order chi connectivity index (χ0) is 15.7. The first-order valence-electron chi connectivity index (χ1n) is 7.23. The van der Waals surface area contributed by atoms with Crippen LogP contribution in [0.1, 0.15) is 41.5 Å². The van der Waals surface area contributed by atoms with E-state index in [1.165, 1.54) is 6.20 Å². The van der Waals surface area contributed by atoms with Crippen LogP contribution < -0.4 is 5.32 Å². The maximum Gasteiger partial charge on any atom is 0.257 e. The highest BCUT2D eigenvalue weighted by Crippen LogP contribution is 2.17. The van der Waals surface area contributed by atoms with Gasteiger partial charge < -0.3 is 5.32 Å². The van der Waals surface area contributed by atoms with Crippen LogP contribution >= 0.6 is 0 Å². The van der Waals surface area contributed by atoms with Crippen LogP contribution in [-0.4, -0.2) is 30.3 Å². The molecule has 0 aliphatic heterocycles. The highest BCUT2D eigenvalue weighted by atomic mass is 16.1. The quantitative estimate of drug-likeness (QED) is 0.796. The van der Waals surface area contributed by atoms with Gasteiger partial charge in [0.2, 0.25) is 0 Å². The topological polar surface area (TPSA) is 77.1 Å². The maximum absolute atomic E-state index is 12.5. The Bertz CT molecular complexity index is 818. The molecule has 0 spiro atoms. The lowest BCUT2D eigenvalue weighted by Crippen LogP contribution is -2.26. The van der Waals surface area contributed by atoms with Crippen molar-refractivity contribution >= 4 is 11.6 Å². The molecule has 7 nitrogen and oxygen atoms in total. The number of rotatable bonds is 4. The van der Waals surface area contributed by atoms with Crippen LogP contribution in [0, 0.1) is 6.92 Å². The fraction of sp³-hybridized carbons (Fsp3) is 0.333. The summed E-state index contributed by atoms with van der Waals surface area (Å²) in [6, 6.07) is 1.64. The Morgan fingerprint density at radius 3 is 3.00 bits per heavy atom. The minimum absolute atomic E-state index is 0.133. The number of aryl methyl sites for hydroxylation is 2. The smallest absolute Gasteiger partial charge is 0.257 e. The van der Waals surface area contributed by atoms with Crippen LogP contribution in [-0.2, 0) is 6.54 Å². The lowest BCUT2D eigenvalue weighted by atomic mass is 10.1. The Morgan fingerprint density at radius 1 is 1.45 bits per heavy atom. The standard InChI is InChI=1S/C15H18N6O/c1-4-20-9-13(11(3)19-20)10(2)18-15(22)12-8-17-21-7-5-6-16-14(12)21/h5-10H,4H2,1-3H3,(H,18,22). The molecule has 1 atom stereocenters. The van der Waals surface area contributed by atoms with Crippen molar-refractivity contribution in [3.8, 4) is 0 Å². The fourth-order valence-electron chi connectivity index (χ4n) is 2.46. The van der Waals surface area contributed by atoms with E-state index in [0.29, 0.717) is 11.2 Å². The molecule has 3 aromatic heterocycles. The maximum atomic E-state index is 12.5. The summed E-state index contributed by atoms with van der Waals surface area (Å²) in [5.41, 5.74) is 2.95. The molecule has 1 amide bonds. The number of hydrogen-bond donors (Lipinski definition) is 1. The summed E-state index contributed by atoms with van der Waals surface area (Å²) in [6.07, 6.45) is 6.91. The summed E-state index contributed by atoms with van der Waals surface area (Å²) in [4.78, 5) is 16.7. The van der Waals surface area contributed by atoms with Crippen LogP contribution in [0.5, 0.6) is 0 Å². The molecule has 0 aliphatic rings. The van der Waals surface area contributed by atoms with Gasteiger partial charge in [-0.1, -0.05) is 0 Å². The predicted molar refractivity (Wildman–Crippen MR) is 81.5 cm³/mol. The van der Waals surface area contributed by atoms with Gasteiger partial charge >= 0.3 is 0 Å². The number of amides is 1. The van der Waals surface area contributed by atoms with Gasteiger partial charge in [-0.25, -0.2) is 9.50 Å². The molecule has 0 bridgehead atoms. The Kier molecular flexibility index (Phi) is 3.62. The number of fused-ring (bicyclic) bond motifs is 1. The van der Waals surface area contributed by atoms with Crippen molar-refractivity contribution in [2.75, 3.05) is 0 Å². The summed E-state index contributed by atoms with van der Waals surface area (Å²) in [5.74, 6) is -0.190. The molecule has 7 heteroatoms. The molecule has 3 aromatic rings. The molecule has 114 valence electrons. The average Bonchev–Trinajstić information content (AvgIpc) is 3.10. The zero-order valence-electron chi connectivity index (χ0n) is 12.8. The first-order chi connectivity index (χ1) is 10.6. The van der Waals surface area contributed by atoms with Gasteiger partial charge in [0.25, 0.3) is 5.91 Å². The lowest BCUT2D eigenvalue weighted by Gasteiger charge is -2.12. The summed E-state index contributed by atoms with van der Waals surface area (Å²) >= 11 is 0. The normalized spacial score (nSPS) is 12.5. The van der Waals surface area contributed by atoms with E-state index in [1.807, 2.05) is 31.6 Å². The molecular weight excluding hydrogens is 280 g/mol. The number of nitrogens with one attached hydrogen (secondary N) is 1. The Balaban J connectivity index is 1.83. The summed E-state index contributed by atoms with van der Waals surface area (Å²) in [5, 5.41) is 11.5. The Labute approximate surface area is 128 Å². The van der Waals surface area contributed by atoms with Crippen molar-refractivity contribution in [1.82, 2.24) is 29.7 Å². The number of aromatic nitrogens is 5. The molecular formula is C15H18N6O. The first kappa shape index (κ1) is 14.2. The second-order valence-electron chi connectivity index (χ2n) is 5.17. The molecule has 1 N–H and O–H groups in total. The number of nitrogens with zero attached hydrogens (tertiary/aromatic N) is 5. The third-order valence-corrected chi connectivity index (χ3v) is 3.65. The largest absolute Gasteiger partial charge is 0.345 e. The van der Waals surface area contributed by atoms with Crippen molar-refractivity contribution < 1.29 is 4.79 Å². The van der Waals surface area contributed by atoms with E-state index in [9.17, 15) is 4.79 Å².